The lowest BCUT2D eigenvalue weighted by Crippen LogP contribution is -2.00. The lowest BCUT2D eigenvalue weighted by Gasteiger charge is -2.12. The molecule has 4 nitrogen and oxygen atoms in total. The minimum atomic E-state index is 0.608. The molecule has 73 heavy (non-hydrogen) atoms. The number of rotatable bonds is 10. The van der Waals surface area contributed by atoms with Crippen LogP contribution in [-0.4, -0.2) is 19.5 Å². The second-order valence-electron chi connectivity index (χ2n) is 18.4. The summed E-state index contributed by atoms with van der Waals surface area (Å²) in [7, 11) is 0. The number of hydrogen-bond donors (Lipinski definition) is 0. The number of nitrogens with zero attached hydrogens (tertiary/aromatic N) is 4. The van der Waals surface area contributed by atoms with Crippen molar-refractivity contribution in [2.24, 2.45) is 0 Å². The van der Waals surface area contributed by atoms with E-state index in [4.69, 9.17) is 15.0 Å². The van der Waals surface area contributed by atoms with Crippen LogP contribution < -0.4 is 0 Å². The summed E-state index contributed by atoms with van der Waals surface area (Å²) >= 11 is 0. The van der Waals surface area contributed by atoms with E-state index < -0.39 is 0 Å². The number of para-hydroxylation sites is 2. The summed E-state index contributed by atoms with van der Waals surface area (Å²) in [4.78, 5) is 15.6. The Morgan fingerprint density at radius 2 is 0.466 bits per heavy atom. The molecule has 0 unspecified atom stereocenters. The molecule has 2 heterocycles. The van der Waals surface area contributed by atoms with E-state index in [1.165, 1.54) is 55.2 Å². The van der Waals surface area contributed by atoms with Crippen LogP contribution in [0.1, 0.15) is 0 Å². The molecule has 13 rings (SSSR count). The summed E-state index contributed by atoms with van der Waals surface area (Å²) in [5.74, 6) is 1.83. The van der Waals surface area contributed by atoms with Gasteiger partial charge in [-0.2, -0.15) is 0 Å². The maximum absolute atomic E-state index is 5.21. The first-order chi connectivity index (χ1) is 36.1. The zero-order valence-electron chi connectivity index (χ0n) is 39.8. The van der Waals surface area contributed by atoms with Gasteiger partial charge in [0.1, 0.15) is 0 Å². The van der Waals surface area contributed by atoms with Crippen molar-refractivity contribution < 1.29 is 0 Å². The van der Waals surface area contributed by atoms with Gasteiger partial charge in [0.15, 0.2) is 17.5 Å². The second-order valence-corrected chi connectivity index (χ2v) is 18.4. The van der Waals surface area contributed by atoms with E-state index in [0.29, 0.717) is 17.5 Å². The lowest BCUT2D eigenvalue weighted by atomic mass is 9.96. The molecule has 4 heteroatoms. The molecule has 11 aromatic carbocycles. The average Bonchev–Trinajstić information content (AvgIpc) is 3.82. The predicted octanol–water partition coefficient (Wildman–Crippen LogP) is 18.0. The van der Waals surface area contributed by atoms with Gasteiger partial charge in [-0.1, -0.05) is 231 Å². The molecule has 0 spiro atoms. The SMILES string of the molecule is c1ccc(-c2cccc(-c3cccc(-c4ccc(-c5nc(-c6ccc(-c7cccc(-n8c9ccccc9c9ccccc98)c7)cc6)nc(-c6cccc(-c7cccc(-c8ccccc8)c7)c6)n5)cc4)c3)c2)cc1. The number of fused-ring (bicyclic) bond motifs is 3. The van der Waals surface area contributed by atoms with E-state index in [-0.39, 0.29) is 0 Å². The van der Waals surface area contributed by atoms with Gasteiger partial charge in [0.2, 0.25) is 0 Å². The monoisotopic (exact) mass is 930 g/mol. The van der Waals surface area contributed by atoms with Crippen LogP contribution in [0, 0.1) is 0 Å². The molecule has 13 aromatic rings. The first kappa shape index (κ1) is 43.3. The Labute approximate surface area is 424 Å². The van der Waals surface area contributed by atoms with Gasteiger partial charge in [0.05, 0.1) is 11.0 Å². The second kappa shape index (κ2) is 18.9. The van der Waals surface area contributed by atoms with Crippen molar-refractivity contribution >= 4 is 21.8 Å². The van der Waals surface area contributed by atoms with Crippen LogP contribution >= 0.6 is 0 Å². The topological polar surface area (TPSA) is 43.6 Å². The first-order valence-electron chi connectivity index (χ1n) is 24.7. The summed E-state index contributed by atoms with van der Waals surface area (Å²) < 4.78 is 2.36. The molecule has 0 bridgehead atoms. The third-order valence-electron chi connectivity index (χ3n) is 13.9. The highest BCUT2D eigenvalue weighted by atomic mass is 15.0. The minimum absolute atomic E-state index is 0.608. The van der Waals surface area contributed by atoms with Gasteiger partial charge < -0.3 is 4.57 Å². The summed E-state index contributed by atoms with van der Waals surface area (Å²) in [6.07, 6.45) is 0. The molecular formula is C69H46N4. The number of aromatic nitrogens is 4. The van der Waals surface area contributed by atoms with Gasteiger partial charge in [0.25, 0.3) is 0 Å². The van der Waals surface area contributed by atoms with Crippen molar-refractivity contribution in [1.29, 1.82) is 0 Å². The Kier molecular flexibility index (Phi) is 11.2. The van der Waals surface area contributed by atoms with Crippen molar-refractivity contribution in [2.45, 2.75) is 0 Å². The molecule has 0 aliphatic carbocycles. The summed E-state index contributed by atoms with van der Waals surface area (Å²) in [5.41, 5.74) is 20.0. The van der Waals surface area contributed by atoms with Crippen molar-refractivity contribution in [3.63, 3.8) is 0 Å². The molecule has 0 amide bonds. The van der Waals surface area contributed by atoms with E-state index in [2.05, 4.69) is 284 Å². The van der Waals surface area contributed by atoms with Crippen LogP contribution in [0.3, 0.4) is 0 Å². The van der Waals surface area contributed by atoms with Gasteiger partial charge in [-0.15, -0.1) is 0 Å². The van der Waals surface area contributed by atoms with Crippen molar-refractivity contribution in [2.75, 3.05) is 0 Å². The minimum Gasteiger partial charge on any atom is -0.309 e. The van der Waals surface area contributed by atoms with Gasteiger partial charge >= 0.3 is 0 Å². The van der Waals surface area contributed by atoms with E-state index >= 15 is 0 Å². The Morgan fingerprint density at radius 1 is 0.192 bits per heavy atom. The van der Waals surface area contributed by atoms with E-state index in [1.807, 2.05) is 0 Å². The first-order valence-corrected chi connectivity index (χ1v) is 24.7. The number of hydrogen-bond acceptors (Lipinski definition) is 3. The van der Waals surface area contributed by atoms with Crippen molar-refractivity contribution in [1.82, 2.24) is 19.5 Å². The lowest BCUT2D eigenvalue weighted by molar-refractivity contribution is 1.07. The average molecular weight is 931 g/mol. The quantitative estimate of drug-likeness (QED) is 0.137. The Bertz CT molecular complexity index is 4070. The Balaban J connectivity index is 0.857. The standard InChI is InChI=1S/C69H46N4/c1-3-16-47(17-4-1)53-20-11-23-56(42-53)57-24-13-22-55(44-57)49-34-38-51(39-35-49)67-70-68(72-69(71-67)61-28-14-26-59(45-61)58-25-12-21-54(43-58)48-18-5-2-6-19-48)52-40-36-50(37-41-52)60-27-15-29-62(46-60)73-65-32-9-7-30-63(65)64-31-8-10-33-66(64)73/h1-46H. The van der Waals surface area contributed by atoms with Crippen LogP contribution in [0.5, 0.6) is 0 Å². The molecule has 0 fully saturated rings. The van der Waals surface area contributed by atoms with Crippen molar-refractivity contribution in [3.8, 4) is 107 Å². The molecule has 0 saturated heterocycles. The number of benzene rings is 11. The third kappa shape index (κ3) is 8.58. The highest BCUT2D eigenvalue weighted by Crippen LogP contribution is 2.36. The zero-order valence-corrected chi connectivity index (χ0v) is 39.8. The normalized spacial score (nSPS) is 11.3. The zero-order chi connectivity index (χ0) is 48.5. The van der Waals surface area contributed by atoms with E-state index in [9.17, 15) is 0 Å². The molecule has 0 aliphatic heterocycles. The summed E-state index contributed by atoms with van der Waals surface area (Å²) in [6, 6.07) is 99.0. The molecule has 0 saturated carbocycles. The van der Waals surface area contributed by atoms with Crippen LogP contribution in [-0.2, 0) is 0 Å². The van der Waals surface area contributed by atoms with Gasteiger partial charge in [-0.3, -0.25) is 0 Å². The van der Waals surface area contributed by atoms with E-state index in [1.54, 1.807) is 0 Å². The van der Waals surface area contributed by atoms with Gasteiger partial charge in [-0.25, -0.2) is 15.0 Å². The Hall–Kier alpha value is -9.77. The van der Waals surface area contributed by atoms with Crippen LogP contribution in [0.2, 0.25) is 0 Å². The van der Waals surface area contributed by atoms with Crippen LogP contribution in [0.15, 0.2) is 279 Å². The van der Waals surface area contributed by atoms with Crippen LogP contribution in [0.4, 0.5) is 0 Å². The van der Waals surface area contributed by atoms with Crippen LogP contribution in [0.25, 0.3) is 128 Å². The molecule has 2 aromatic heterocycles. The third-order valence-corrected chi connectivity index (χ3v) is 13.9. The summed E-state index contributed by atoms with van der Waals surface area (Å²) in [5, 5.41) is 2.49. The fourth-order valence-electron chi connectivity index (χ4n) is 10.1. The molecule has 0 atom stereocenters. The van der Waals surface area contributed by atoms with Gasteiger partial charge in [0, 0.05) is 33.2 Å². The molecule has 0 radical (unpaired) electrons. The predicted molar refractivity (Wildman–Crippen MR) is 303 cm³/mol. The van der Waals surface area contributed by atoms with Gasteiger partial charge in [-0.05, 0) is 115 Å². The smallest absolute Gasteiger partial charge is 0.164 e. The maximum atomic E-state index is 5.21. The Morgan fingerprint density at radius 3 is 0.890 bits per heavy atom. The highest BCUT2D eigenvalue weighted by Gasteiger charge is 2.16. The largest absolute Gasteiger partial charge is 0.309 e. The molecule has 0 aliphatic rings. The molecule has 0 N–H and O–H groups in total. The van der Waals surface area contributed by atoms with Crippen molar-refractivity contribution in [3.05, 3.63) is 279 Å². The fourth-order valence-corrected chi connectivity index (χ4v) is 10.1. The highest BCUT2D eigenvalue weighted by molar-refractivity contribution is 6.09. The maximum Gasteiger partial charge on any atom is 0.164 e. The summed E-state index contributed by atoms with van der Waals surface area (Å²) in [6.45, 7) is 0. The molecule has 342 valence electrons. The fraction of sp³-hybridized carbons (Fsp3) is 0. The molecular weight excluding hydrogens is 885 g/mol. The van der Waals surface area contributed by atoms with E-state index in [0.717, 1.165) is 55.8 Å².